The molecule has 0 aliphatic rings. The van der Waals surface area contributed by atoms with Crippen LogP contribution < -0.4 is 0 Å². The lowest BCUT2D eigenvalue weighted by Crippen LogP contribution is -2.31. The molecule has 3 heteroatoms. The molecule has 3 nitrogen and oxygen atoms in total. The minimum Gasteiger partial charge on any atom is -0.394 e. The molecule has 0 saturated carbocycles. The zero-order valence-electron chi connectivity index (χ0n) is 8.93. The third-order valence-electron chi connectivity index (χ3n) is 2.68. The van der Waals surface area contributed by atoms with E-state index in [9.17, 15) is 10.2 Å². The molecule has 0 fully saturated rings. The second kappa shape index (κ2) is 5.26. The topological polar surface area (TPSA) is 60.7 Å². The predicted molar refractivity (Wildman–Crippen MR) is 58.3 cm³/mol. The summed E-state index contributed by atoms with van der Waals surface area (Å²) in [6.07, 6.45) is -0.215. The Labute approximate surface area is 90.0 Å². The Hall–Kier alpha value is -0.900. The molecule has 15 heavy (non-hydrogen) atoms. The fourth-order valence-electron chi connectivity index (χ4n) is 1.67. The average Bonchev–Trinajstić information content (AvgIpc) is 2.30. The van der Waals surface area contributed by atoms with Gasteiger partial charge < -0.3 is 15.3 Å². The monoisotopic (exact) mass is 210 g/mol. The number of benzene rings is 1. The Balaban J connectivity index is 2.85. The fourth-order valence-corrected chi connectivity index (χ4v) is 1.67. The maximum absolute atomic E-state index is 10.3. The van der Waals surface area contributed by atoms with Gasteiger partial charge in [0.1, 0.15) is 0 Å². The summed E-state index contributed by atoms with van der Waals surface area (Å²) in [5.41, 5.74) is -0.274. The van der Waals surface area contributed by atoms with Crippen LogP contribution >= 0.6 is 0 Å². The van der Waals surface area contributed by atoms with E-state index in [4.69, 9.17) is 5.11 Å². The molecule has 0 aliphatic heterocycles. The molecule has 0 aliphatic carbocycles. The van der Waals surface area contributed by atoms with Gasteiger partial charge in [-0.05, 0) is 12.0 Å². The average molecular weight is 210 g/mol. The number of rotatable bonds is 5. The van der Waals surface area contributed by atoms with E-state index in [1.165, 1.54) is 0 Å². The second-order valence-electron chi connectivity index (χ2n) is 3.79. The lowest BCUT2D eigenvalue weighted by Gasteiger charge is -2.29. The van der Waals surface area contributed by atoms with E-state index in [0.29, 0.717) is 6.42 Å². The van der Waals surface area contributed by atoms with Crippen molar-refractivity contribution in [1.82, 2.24) is 0 Å². The van der Waals surface area contributed by atoms with Gasteiger partial charge in [0.25, 0.3) is 0 Å². The number of aliphatic hydroxyl groups excluding tert-OH is 2. The second-order valence-corrected chi connectivity index (χ2v) is 3.79. The van der Waals surface area contributed by atoms with Crippen LogP contribution in [0.25, 0.3) is 0 Å². The molecule has 1 aromatic carbocycles. The Kier molecular flexibility index (Phi) is 4.27. The number of hydrogen-bond acceptors (Lipinski definition) is 3. The van der Waals surface area contributed by atoms with Gasteiger partial charge in [0.05, 0.1) is 18.3 Å². The number of aliphatic hydroxyl groups is 3. The molecule has 0 heterocycles. The van der Waals surface area contributed by atoms with Crippen molar-refractivity contribution < 1.29 is 15.3 Å². The van der Waals surface area contributed by atoms with Crippen LogP contribution in [0.2, 0.25) is 0 Å². The summed E-state index contributed by atoms with van der Waals surface area (Å²) in [4.78, 5) is 0. The van der Waals surface area contributed by atoms with Crippen LogP contribution in [-0.4, -0.2) is 28.0 Å². The van der Waals surface area contributed by atoms with Crippen LogP contribution in [0.1, 0.15) is 25.3 Å². The predicted octanol–water partition coefficient (Wildman–Crippen LogP) is 1.03. The maximum atomic E-state index is 10.3. The van der Waals surface area contributed by atoms with Gasteiger partial charge in [-0.15, -0.1) is 0 Å². The van der Waals surface area contributed by atoms with Crippen molar-refractivity contribution in [2.75, 3.05) is 6.61 Å². The van der Waals surface area contributed by atoms with Crippen LogP contribution in [0, 0.1) is 0 Å². The molecular formula is C12H18O3. The summed E-state index contributed by atoms with van der Waals surface area (Å²) in [5.74, 6) is 0. The molecule has 0 spiro atoms. The summed E-state index contributed by atoms with van der Waals surface area (Å²) in [7, 11) is 0. The van der Waals surface area contributed by atoms with Gasteiger partial charge in [-0.25, -0.2) is 0 Å². The molecular weight excluding hydrogens is 192 g/mol. The first-order valence-electron chi connectivity index (χ1n) is 5.19. The van der Waals surface area contributed by atoms with E-state index in [2.05, 4.69) is 0 Å². The minimum absolute atomic E-state index is 0.157. The Bertz CT molecular complexity index is 286. The van der Waals surface area contributed by atoms with Crippen molar-refractivity contribution in [1.29, 1.82) is 0 Å². The van der Waals surface area contributed by atoms with Crippen molar-refractivity contribution in [2.45, 2.75) is 31.5 Å². The van der Waals surface area contributed by atoms with E-state index in [1.54, 1.807) is 0 Å². The summed E-state index contributed by atoms with van der Waals surface area (Å²) in [6.45, 7) is 1.53. The molecule has 1 aromatic rings. The first-order valence-corrected chi connectivity index (χ1v) is 5.19. The first kappa shape index (κ1) is 12.2. The van der Waals surface area contributed by atoms with Gasteiger partial charge in [-0.3, -0.25) is 0 Å². The summed E-state index contributed by atoms with van der Waals surface area (Å²) < 4.78 is 0. The fraction of sp³-hybridized carbons (Fsp3) is 0.500. The number of hydrogen-bond donors (Lipinski definition) is 3. The van der Waals surface area contributed by atoms with Gasteiger partial charge in [-0.2, -0.15) is 0 Å². The zero-order chi connectivity index (χ0) is 11.3. The van der Waals surface area contributed by atoms with E-state index in [1.807, 2.05) is 37.3 Å². The molecule has 3 N–H and O–H groups in total. The third kappa shape index (κ3) is 3.02. The van der Waals surface area contributed by atoms with E-state index < -0.39 is 11.7 Å². The molecule has 84 valence electrons. The van der Waals surface area contributed by atoms with Gasteiger partial charge in [0.2, 0.25) is 0 Å². The Morgan fingerprint density at radius 2 is 1.87 bits per heavy atom. The zero-order valence-corrected chi connectivity index (χ0v) is 8.93. The molecule has 0 saturated heterocycles. The largest absolute Gasteiger partial charge is 0.394 e. The molecule has 2 unspecified atom stereocenters. The normalized spacial score (nSPS) is 17.1. The van der Waals surface area contributed by atoms with Crippen molar-refractivity contribution in [3.63, 3.8) is 0 Å². The first-order chi connectivity index (χ1) is 7.12. The van der Waals surface area contributed by atoms with Crippen molar-refractivity contribution >= 4 is 0 Å². The van der Waals surface area contributed by atoms with Gasteiger partial charge in [0, 0.05) is 6.42 Å². The van der Waals surface area contributed by atoms with Crippen LogP contribution in [0.5, 0.6) is 0 Å². The molecule has 2 atom stereocenters. The quantitative estimate of drug-likeness (QED) is 0.680. The van der Waals surface area contributed by atoms with E-state index >= 15 is 0 Å². The third-order valence-corrected chi connectivity index (χ3v) is 2.68. The lowest BCUT2D eigenvalue weighted by atomic mass is 9.86. The van der Waals surface area contributed by atoms with Gasteiger partial charge >= 0.3 is 0 Å². The van der Waals surface area contributed by atoms with Crippen LogP contribution in [0.3, 0.4) is 0 Å². The molecule has 0 aromatic heterocycles. The standard InChI is InChI=1S/C12H18O3/c1-2-12(15,8-11(14)9-13)10-6-4-3-5-7-10/h3-7,11,13-15H,2,8-9H2,1H3. The van der Waals surface area contributed by atoms with Crippen molar-refractivity contribution in [3.05, 3.63) is 35.9 Å². The lowest BCUT2D eigenvalue weighted by molar-refractivity contribution is -0.0330. The minimum atomic E-state index is -1.05. The maximum Gasteiger partial charge on any atom is 0.0919 e. The van der Waals surface area contributed by atoms with E-state index in [0.717, 1.165) is 5.56 Å². The summed E-state index contributed by atoms with van der Waals surface area (Å²) in [6, 6.07) is 9.23. The van der Waals surface area contributed by atoms with Crippen LogP contribution in [0.4, 0.5) is 0 Å². The Morgan fingerprint density at radius 1 is 1.27 bits per heavy atom. The Morgan fingerprint density at radius 3 is 2.33 bits per heavy atom. The highest BCUT2D eigenvalue weighted by Gasteiger charge is 2.29. The SMILES string of the molecule is CCC(O)(CC(O)CO)c1ccccc1. The van der Waals surface area contributed by atoms with Crippen molar-refractivity contribution in [3.8, 4) is 0 Å². The molecule has 0 bridgehead atoms. The van der Waals surface area contributed by atoms with Crippen LogP contribution in [0.15, 0.2) is 30.3 Å². The summed E-state index contributed by atoms with van der Waals surface area (Å²) in [5, 5.41) is 28.5. The molecule has 0 amide bonds. The highest BCUT2D eigenvalue weighted by Crippen LogP contribution is 2.29. The van der Waals surface area contributed by atoms with Gasteiger partial charge in [-0.1, -0.05) is 37.3 Å². The highest BCUT2D eigenvalue weighted by molar-refractivity contribution is 5.22. The van der Waals surface area contributed by atoms with Crippen molar-refractivity contribution in [2.24, 2.45) is 0 Å². The highest BCUT2D eigenvalue weighted by atomic mass is 16.3. The summed E-state index contributed by atoms with van der Waals surface area (Å²) >= 11 is 0. The smallest absolute Gasteiger partial charge is 0.0919 e. The molecule has 0 radical (unpaired) electrons. The van der Waals surface area contributed by atoms with Gasteiger partial charge in [0.15, 0.2) is 0 Å². The molecule has 1 rings (SSSR count). The van der Waals surface area contributed by atoms with E-state index in [-0.39, 0.29) is 13.0 Å². The van der Waals surface area contributed by atoms with Crippen LogP contribution in [-0.2, 0) is 5.60 Å².